The number of hydrogen-bond acceptors (Lipinski definition) is 7. The molecule has 2 bridgehead atoms. The van der Waals surface area contributed by atoms with Crippen LogP contribution in [0.2, 0.25) is 0 Å². The van der Waals surface area contributed by atoms with Crippen molar-refractivity contribution in [2.45, 2.75) is 0 Å². The van der Waals surface area contributed by atoms with Gasteiger partial charge >= 0.3 is 91.5 Å². The molecule has 0 amide bonds. The fraction of sp³-hybridized carbons (Fsp3) is 0.500. The summed E-state index contributed by atoms with van der Waals surface area (Å²) in [6, 6.07) is 0. The van der Waals surface area contributed by atoms with Crippen molar-refractivity contribution in [2.75, 3.05) is 19.6 Å². The molecule has 9 heteroatoms. The van der Waals surface area contributed by atoms with Gasteiger partial charge in [0.1, 0.15) is 0 Å². The van der Waals surface area contributed by atoms with Crippen LogP contribution in [0.1, 0.15) is 0 Å². The van der Waals surface area contributed by atoms with Gasteiger partial charge in [0.15, 0.2) is 0 Å². The van der Waals surface area contributed by atoms with E-state index in [1.54, 1.807) is 0 Å². The van der Waals surface area contributed by atoms with E-state index in [0.717, 1.165) is 0 Å². The van der Waals surface area contributed by atoms with E-state index < -0.39 is 31.3 Å². The monoisotopic (exact) mass is 297 g/mol. The molecule has 0 N–H and O–H groups in total. The summed E-state index contributed by atoms with van der Waals surface area (Å²) < 4.78 is 14.0. The Morgan fingerprint density at radius 2 is 1.27 bits per heavy atom. The maximum atomic E-state index is 11.2. The summed E-state index contributed by atoms with van der Waals surface area (Å²) in [6.45, 7) is -0.488. The summed E-state index contributed by atoms with van der Waals surface area (Å²) in [6.07, 6.45) is 0. The molecule has 3 rings (SSSR count). The fourth-order valence-corrected chi connectivity index (χ4v) is 5.00. The number of carbonyl (C=O) groups is 3. The van der Waals surface area contributed by atoms with Crippen molar-refractivity contribution in [3.8, 4) is 0 Å². The van der Waals surface area contributed by atoms with Crippen molar-refractivity contribution in [1.82, 2.24) is 4.90 Å². The van der Waals surface area contributed by atoms with Crippen molar-refractivity contribution in [3.05, 3.63) is 0 Å². The topological polar surface area (TPSA) is 82.1 Å². The van der Waals surface area contributed by atoms with Crippen LogP contribution in [-0.4, -0.2) is 55.8 Å². The van der Waals surface area contributed by atoms with Gasteiger partial charge in [-0.15, -0.1) is 0 Å². The SMILES string of the molecule is O=C1CN2CC(=O)[O][Ge]([Cl])([O]1)[O]C(=O)C2. The molecule has 0 unspecified atom stereocenters. The van der Waals surface area contributed by atoms with Crippen LogP contribution in [0.15, 0.2) is 0 Å². The second-order valence-corrected chi connectivity index (χ2v) is 8.76. The van der Waals surface area contributed by atoms with Gasteiger partial charge in [-0.3, -0.25) is 0 Å². The standard InChI is InChI=1S/C6H6ClGeNO6/c7-8-13-4(10)1-9(2-5(11)14-8)3-6(12)15-8/h1-3H2. The van der Waals surface area contributed by atoms with Crippen LogP contribution in [0.25, 0.3) is 0 Å². The Bertz CT molecular complexity index is 296. The molecule has 0 aromatic heterocycles. The van der Waals surface area contributed by atoms with Gasteiger partial charge in [-0.1, -0.05) is 0 Å². The number of carbonyl (C=O) groups excluding carboxylic acids is 3. The van der Waals surface area contributed by atoms with E-state index in [1.807, 2.05) is 0 Å². The normalized spacial score (nSPS) is 35.8. The van der Waals surface area contributed by atoms with Gasteiger partial charge in [0.05, 0.1) is 0 Å². The summed E-state index contributed by atoms with van der Waals surface area (Å²) in [5.41, 5.74) is 0. The predicted molar refractivity (Wildman–Crippen MR) is 46.3 cm³/mol. The molecule has 0 radical (unpaired) electrons. The Hall–Kier alpha value is -0.797. The summed E-state index contributed by atoms with van der Waals surface area (Å²) in [7, 11) is 5.70. The third-order valence-electron chi connectivity index (χ3n) is 1.77. The Balaban J connectivity index is 2.32. The van der Waals surface area contributed by atoms with Crippen molar-refractivity contribution < 1.29 is 25.7 Å². The Morgan fingerprint density at radius 3 is 1.60 bits per heavy atom. The first-order valence-electron chi connectivity index (χ1n) is 4.04. The Morgan fingerprint density at radius 1 is 0.933 bits per heavy atom. The minimum absolute atomic E-state index is 0.163. The van der Waals surface area contributed by atoms with Gasteiger partial charge in [-0.25, -0.2) is 0 Å². The molecule has 0 aromatic carbocycles. The van der Waals surface area contributed by atoms with Crippen LogP contribution in [0.3, 0.4) is 0 Å². The molecule has 82 valence electrons. The molecular weight excluding hydrogens is 290 g/mol. The molecule has 0 aliphatic carbocycles. The fourth-order valence-electron chi connectivity index (χ4n) is 1.28. The molecule has 3 heterocycles. The molecule has 3 aliphatic rings. The number of nitrogens with zero attached hydrogens (tertiary/aromatic N) is 1. The van der Waals surface area contributed by atoms with Gasteiger partial charge in [0.25, 0.3) is 0 Å². The molecular formula is C6H6ClGeNO6. The van der Waals surface area contributed by atoms with E-state index in [0.29, 0.717) is 0 Å². The second kappa shape index (κ2) is 3.65. The Kier molecular flexibility index (Phi) is 2.61. The van der Waals surface area contributed by atoms with E-state index in [9.17, 15) is 14.4 Å². The second-order valence-electron chi connectivity index (χ2n) is 3.05. The quantitative estimate of drug-likeness (QED) is 0.509. The minimum atomic E-state index is -4.51. The van der Waals surface area contributed by atoms with Crippen LogP contribution in [0.5, 0.6) is 0 Å². The molecule has 15 heavy (non-hydrogen) atoms. The molecule has 3 fully saturated rings. The predicted octanol–water partition coefficient (Wildman–Crippen LogP) is -1.38. The molecule has 3 saturated heterocycles. The molecule has 0 aromatic rings. The number of hydrogen-bond donors (Lipinski definition) is 0. The van der Waals surface area contributed by atoms with Crippen LogP contribution in [0, 0.1) is 0 Å². The first kappa shape index (κ1) is 10.7. The van der Waals surface area contributed by atoms with Crippen LogP contribution >= 0.6 is 10.0 Å². The summed E-state index contributed by atoms with van der Waals surface area (Å²) in [5, 5.41) is 0. The van der Waals surface area contributed by atoms with Gasteiger partial charge in [-0.05, 0) is 0 Å². The van der Waals surface area contributed by atoms with Gasteiger partial charge in [-0.2, -0.15) is 0 Å². The number of rotatable bonds is 0. The summed E-state index contributed by atoms with van der Waals surface area (Å²) in [5.74, 6) is -1.94. The first-order chi connectivity index (χ1) is 6.97. The van der Waals surface area contributed by atoms with Crippen LogP contribution < -0.4 is 0 Å². The van der Waals surface area contributed by atoms with E-state index in [1.165, 1.54) is 4.90 Å². The molecule has 0 saturated carbocycles. The molecule has 7 nitrogen and oxygen atoms in total. The maximum absolute atomic E-state index is 11.2. The Labute approximate surface area is 91.8 Å². The molecule has 0 spiro atoms. The van der Waals surface area contributed by atoms with Crippen LogP contribution in [-0.2, 0) is 25.7 Å². The van der Waals surface area contributed by atoms with E-state index in [4.69, 9.17) is 10.0 Å². The van der Waals surface area contributed by atoms with Crippen LogP contribution in [0.4, 0.5) is 0 Å². The summed E-state index contributed by atoms with van der Waals surface area (Å²) in [4.78, 5) is 34.8. The zero-order valence-electron chi connectivity index (χ0n) is 7.40. The third kappa shape index (κ3) is 2.41. The van der Waals surface area contributed by atoms with E-state index in [-0.39, 0.29) is 19.6 Å². The van der Waals surface area contributed by atoms with Crippen molar-refractivity contribution >= 4 is 41.3 Å². The third-order valence-corrected chi connectivity index (χ3v) is 5.94. The molecule has 0 atom stereocenters. The zero-order valence-corrected chi connectivity index (χ0v) is 10.2. The van der Waals surface area contributed by atoms with E-state index in [2.05, 4.69) is 11.3 Å². The van der Waals surface area contributed by atoms with Crippen molar-refractivity contribution in [3.63, 3.8) is 0 Å². The number of halogens is 1. The average molecular weight is 296 g/mol. The zero-order chi connectivity index (χ0) is 11.1. The first-order valence-corrected chi connectivity index (χ1v) is 9.36. The van der Waals surface area contributed by atoms with Crippen molar-refractivity contribution in [1.29, 1.82) is 0 Å². The summed E-state index contributed by atoms with van der Waals surface area (Å²) >= 11 is -4.51. The van der Waals surface area contributed by atoms with Gasteiger partial charge in [0.2, 0.25) is 0 Å². The average Bonchev–Trinajstić information content (AvgIpc) is 1.95. The van der Waals surface area contributed by atoms with Gasteiger partial charge in [0, 0.05) is 0 Å². The molecule has 3 aliphatic heterocycles. The van der Waals surface area contributed by atoms with Crippen molar-refractivity contribution in [2.24, 2.45) is 0 Å². The van der Waals surface area contributed by atoms with E-state index >= 15 is 0 Å². The number of fused-ring (bicyclic) bond motifs is 6. The van der Waals surface area contributed by atoms with Gasteiger partial charge < -0.3 is 0 Å².